The summed E-state index contributed by atoms with van der Waals surface area (Å²) in [6, 6.07) is 5.20. The molecule has 5 heteroatoms. The molecule has 1 unspecified atom stereocenters. The molecule has 2 nitrogen and oxygen atoms in total. The monoisotopic (exact) mass is 337 g/mol. The van der Waals surface area contributed by atoms with E-state index in [9.17, 15) is 4.79 Å². The summed E-state index contributed by atoms with van der Waals surface area (Å²) in [5.41, 5.74) is 0.493. The minimum Gasteiger partial charge on any atom is -0.352 e. The van der Waals surface area contributed by atoms with E-state index >= 15 is 0 Å². The number of carbonyl (C=O) groups excluding carboxylic acids is 1. The third-order valence-electron chi connectivity index (χ3n) is 2.39. The molecule has 0 spiro atoms. The Morgan fingerprint density at radius 1 is 1.53 bits per heavy atom. The van der Waals surface area contributed by atoms with Crippen molar-refractivity contribution in [3.63, 3.8) is 0 Å². The van der Waals surface area contributed by atoms with Gasteiger partial charge in [0.15, 0.2) is 0 Å². The van der Waals surface area contributed by atoms with Crippen LogP contribution in [0.1, 0.15) is 23.7 Å². The lowest BCUT2D eigenvalue weighted by Crippen LogP contribution is -2.28. The van der Waals surface area contributed by atoms with E-state index in [0.29, 0.717) is 28.9 Å². The average Bonchev–Trinajstić information content (AvgIpc) is 2.26. The maximum Gasteiger partial charge on any atom is 0.252 e. The molecule has 0 heterocycles. The second-order valence-corrected chi connectivity index (χ2v) is 5.62. The maximum atomic E-state index is 11.8. The van der Waals surface area contributed by atoms with E-state index in [-0.39, 0.29) is 5.91 Å². The van der Waals surface area contributed by atoms with E-state index in [2.05, 4.69) is 21.2 Å². The summed E-state index contributed by atoms with van der Waals surface area (Å²) in [5.74, 6) is 0.824. The minimum atomic E-state index is -0.149. The van der Waals surface area contributed by atoms with Gasteiger partial charge in [0.25, 0.3) is 5.91 Å². The van der Waals surface area contributed by atoms with Crippen LogP contribution in [0.3, 0.4) is 0 Å². The Morgan fingerprint density at radius 3 is 2.82 bits per heavy atom. The summed E-state index contributed by atoms with van der Waals surface area (Å²) < 4.78 is 0.856. The Hall–Kier alpha value is -0.250. The predicted octanol–water partition coefficient (Wildman–Crippen LogP) is 4.10. The molecule has 0 aliphatic rings. The Bertz CT molecular complexity index is 398. The molecule has 1 amide bonds. The summed E-state index contributed by atoms with van der Waals surface area (Å²) in [5, 5.41) is 3.29. The fraction of sp³-hybridized carbons (Fsp3) is 0.417. The molecule has 0 radical (unpaired) electrons. The van der Waals surface area contributed by atoms with Gasteiger partial charge in [0.05, 0.1) is 10.6 Å². The van der Waals surface area contributed by atoms with Gasteiger partial charge in [-0.15, -0.1) is 11.6 Å². The van der Waals surface area contributed by atoms with Crippen molar-refractivity contribution in [1.29, 1.82) is 0 Å². The molecule has 0 fully saturated rings. The lowest BCUT2D eigenvalue weighted by Gasteiger charge is -2.11. The van der Waals surface area contributed by atoms with E-state index in [4.69, 9.17) is 23.2 Å². The van der Waals surface area contributed by atoms with Gasteiger partial charge < -0.3 is 5.32 Å². The van der Waals surface area contributed by atoms with Crippen molar-refractivity contribution in [2.45, 2.75) is 13.3 Å². The van der Waals surface area contributed by atoms with Crippen LogP contribution in [0, 0.1) is 5.92 Å². The number of hydrogen-bond donors (Lipinski definition) is 1. The summed E-state index contributed by atoms with van der Waals surface area (Å²) in [7, 11) is 0. The molecule has 94 valence electrons. The van der Waals surface area contributed by atoms with Crippen LogP contribution in [0.2, 0.25) is 5.02 Å². The number of hydrogen-bond acceptors (Lipinski definition) is 1. The largest absolute Gasteiger partial charge is 0.352 e. The van der Waals surface area contributed by atoms with E-state index in [1.54, 1.807) is 18.2 Å². The molecule has 0 saturated carbocycles. The topological polar surface area (TPSA) is 29.1 Å². The molecule has 0 aromatic heterocycles. The maximum absolute atomic E-state index is 11.8. The first-order chi connectivity index (χ1) is 8.04. The van der Waals surface area contributed by atoms with Crippen LogP contribution in [0.25, 0.3) is 0 Å². The van der Waals surface area contributed by atoms with Gasteiger partial charge in [0.1, 0.15) is 0 Å². The Kier molecular flexibility index (Phi) is 6.31. The fourth-order valence-corrected chi connectivity index (χ4v) is 2.46. The molecule has 1 N–H and O–H groups in total. The quantitative estimate of drug-likeness (QED) is 0.805. The zero-order chi connectivity index (χ0) is 12.8. The zero-order valence-corrected chi connectivity index (χ0v) is 12.6. The van der Waals surface area contributed by atoms with Crippen molar-refractivity contribution in [3.8, 4) is 0 Å². The number of carbonyl (C=O) groups is 1. The fourth-order valence-electron chi connectivity index (χ4n) is 1.32. The van der Waals surface area contributed by atoms with Crippen LogP contribution in [-0.4, -0.2) is 18.3 Å². The normalized spacial score (nSPS) is 12.2. The number of benzene rings is 1. The van der Waals surface area contributed by atoms with Gasteiger partial charge in [-0.3, -0.25) is 4.79 Å². The number of amides is 1. The molecular formula is C12H14BrCl2NO. The second-order valence-electron chi connectivity index (χ2n) is 3.92. The number of halogens is 3. The van der Waals surface area contributed by atoms with E-state index in [1.165, 1.54) is 0 Å². The number of nitrogens with one attached hydrogen (secondary N) is 1. The SMILES string of the molecule is CC(CCCl)CNC(=O)c1ccc(Br)cc1Cl. The highest BCUT2D eigenvalue weighted by molar-refractivity contribution is 9.10. The van der Waals surface area contributed by atoms with Crippen LogP contribution in [0.4, 0.5) is 0 Å². The van der Waals surface area contributed by atoms with Gasteiger partial charge in [-0.25, -0.2) is 0 Å². The molecule has 1 aromatic rings. The highest BCUT2D eigenvalue weighted by Gasteiger charge is 2.11. The third-order valence-corrected chi connectivity index (χ3v) is 3.41. The number of alkyl halides is 1. The molecule has 0 aliphatic heterocycles. The lowest BCUT2D eigenvalue weighted by atomic mass is 10.1. The van der Waals surface area contributed by atoms with Gasteiger partial charge in [-0.1, -0.05) is 34.5 Å². The predicted molar refractivity (Wildman–Crippen MR) is 76.0 cm³/mol. The van der Waals surface area contributed by atoms with Crippen molar-refractivity contribution < 1.29 is 4.79 Å². The molecule has 17 heavy (non-hydrogen) atoms. The van der Waals surface area contributed by atoms with Gasteiger partial charge >= 0.3 is 0 Å². The van der Waals surface area contributed by atoms with Gasteiger partial charge in [-0.2, -0.15) is 0 Å². The van der Waals surface area contributed by atoms with Crippen LogP contribution >= 0.6 is 39.1 Å². The van der Waals surface area contributed by atoms with Gasteiger partial charge in [0, 0.05) is 16.9 Å². The molecule has 0 aliphatic carbocycles. The Morgan fingerprint density at radius 2 is 2.24 bits per heavy atom. The highest BCUT2D eigenvalue weighted by Crippen LogP contribution is 2.21. The summed E-state index contributed by atoms with van der Waals surface area (Å²) in [4.78, 5) is 11.8. The van der Waals surface area contributed by atoms with Crippen molar-refractivity contribution >= 4 is 45.0 Å². The molecule has 1 rings (SSSR count). The van der Waals surface area contributed by atoms with Gasteiger partial charge in [-0.05, 0) is 30.5 Å². The highest BCUT2D eigenvalue weighted by atomic mass is 79.9. The van der Waals surface area contributed by atoms with E-state index < -0.39 is 0 Å². The van der Waals surface area contributed by atoms with E-state index in [0.717, 1.165) is 10.9 Å². The van der Waals surface area contributed by atoms with Crippen LogP contribution in [0.15, 0.2) is 22.7 Å². The molecule has 1 atom stereocenters. The van der Waals surface area contributed by atoms with Crippen LogP contribution in [0.5, 0.6) is 0 Å². The molecular weight excluding hydrogens is 325 g/mol. The molecule has 0 bridgehead atoms. The van der Waals surface area contributed by atoms with Crippen molar-refractivity contribution in [2.24, 2.45) is 5.92 Å². The standard InChI is InChI=1S/C12H14BrCl2NO/c1-8(4-5-14)7-16-12(17)10-3-2-9(13)6-11(10)15/h2-3,6,8H,4-5,7H2,1H3,(H,16,17). The van der Waals surface area contributed by atoms with Crippen molar-refractivity contribution in [2.75, 3.05) is 12.4 Å². The van der Waals surface area contributed by atoms with Crippen LogP contribution < -0.4 is 5.32 Å². The van der Waals surface area contributed by atoms with E-state index in [1.807, 2.05) is 6.92 Å². The van der Waals surface area contributed by atoms with Gasteiger partial charge in [0.2, 0.25) is 0 Å². The summed E-state index contributed by atoms with van der Waals surface area (Å²) in [6.45, 7) is 2.66. The Labute approximate surface area is 120 Å². The lowest BCUT2D eigenvalue weighted by molar-refractivity contribution is 0.0948. The minimum absolute atomic E-state index is 0.149. The first kappa shape index (κ1) is 14.8. The zero-order valence-electron chi connectivity index (χ0n) is 9.47. The molecule has 1 aromatic carbocycles. The Balaban J connectivity index is 2.58. The first-order valence-corrected chi connectivity index (χ1v) is 7.04. The van der Waals surface area contributed by atoms with Crippen LogP contribution in [-0.2, 0) is 0 Å². The second kappa shape index (κ2) is 7.24. The molecule has 0 saturated heterocycles. The summed E-state index contributed by atoms with van der Waals surface area (Å²) in [6.07, 6.45) is 0.885. The first-order valence-electron chi connectivity index (χ1n) is 5.33. The average molecular weight is 339 g/mol. The smallest absolute Gasteiger partial charge is 0.252 e. The number of rotatable bonds is 5. The summed E-state index contributed by atoms with van der Waals surface area (Å²) >= 11 is 14.9. The van der Waals surface area contributed by atoms with Crippen molar-refractivity contribution in [3.05, 3.63) is 33.3 Å². The third kappa shape index (κ3) is 4.86. The van der Waals surface area contributed by atoms with Crippen molar-refractivity contribution in [1.82, 2.24) is 5.32 Å².